The van der Waals surface area contributed by atoms with Gasteiger partial charge in [-0.1, -0.05) is 19.3 Å². The zero-order valence-corrected chi connectivity index (χ0v) is 21.5. The van der Waals surface area contributed by atoms with Crippen molar-refractivity contribution in [3.05, 3.63) is 46.9 Å². The molecule has 0 saturated heterocycles. The predicted molar refractivity (Wildman–Crippen MR) is 142 cm³/mol. The average Bonchev–Trinajstić information content (AvgIpc) is 2.92. The van der Waals surface area contributed by atoms with Crippen molar-refractivity contribution in [2.45, 2.75) is 44.7 Å². The van der Waals surface area contributed by atoms with Crippen LogP contribution in [0, 0.1) is 0 Å². The van der Waals surface area contributed by atoms with Crippen molar-refractivity contribution in [1.82, 2.24) is 19.4 Å². The maximum Gasteiger partial charge on any atom is 0.410 e. The van der Waals surface area contributed by atoms with Crippen LogP contribution in [-0.2, 0) is 11.3 Å². The van der Waals surface area contributed by atoms with Gasteiger partial charge in [-0.2, -0.15) is 0 Å². The van der Waals surface area contributed by atoms with Crippen molar-refractivity contribution in [2.24, 2.45) is 0 Å². The molecule has 3 aromatic heterocycles. The first kappa shape index (κ1) is 26.9. The van der Waals surface area contributed by atoms with Gasteiger partial charge in [0.05, 0.1) is 24.3 Å². The van der Waals surface area contributed by atoms with Crippen LogP contribution in [0.25, 0.3) is 11.0 Å². The Labute approximate surface area is 219 Å². The van der Waals surface area contributed by atoms with E-state index in [0.717, 1.165) is 17.6 Å². The molecule has 1 fully saturated rings. The van der Waals surface area contributed by atoms with Gasteiger partial charge in [0.1, 0.15) is 11.6 Å². The smallest absolute Gasteiger partial charge is 0.410 e. The topological polar surface area (TPSA) is 148 Å². The predicted octanol–water partition coefficient (Wildman–Crippen LogP) is 3.17. The maximum atomic E-state index is 12.3. The Kier molecular flexibility index (Phi) is 8.74. The van der Waals surface area contributed by atoms with Gasteiger partial charge in [0, 0.05) is 31.3 Å². The molecule has 2 amide bonds. The minimum absolute atomic E-state index is 0.0181. The van der Waals surface area contributed by atoms with Gasteiger partial charge in [-0.05, 0) is 38.1 Å². The number of hydrogen-bond acceptors (Lipinski definition) is 8. The number of anilines is 2. The van der Waals surface area contributed by atoms with Gasteiger partial charge in [-0.15, -0.1) is 0 Å². The van der Waals surface area contributed by atoms with Crippen molar-refractivity contribution in [3.63, 3.8) is 0 Å². The first-order valence-corrected chi connectivity index (χ1v) is 12.5. The van der Waals surface area contributed by atoms with Crippen LogP contribution in [0.2, 0.25) is 0 Å². The molecular weight excluding hydrogens is 492 g/mol. The summed E-state index contributed by atoms with van der Waals surface area (Å²) in [7, 11) is 3.79. The number of pyridine rings is 3. The van der Waals surface area contributed by atoms with E-state index in [2.05, 4.69) is 32.5 Å². The second-order valence-corrected chi connectivity index (χ2v) is 9.19. The summed E-state index contributed by atoms with van der Waals surface area (Å²) in [6.07, 6.45) is 7.02. The van der Waals surface area contributed by atoms with Crippen LogP contribution in [0.1, 0.15) is 32.1 Å². The summed E-state index contributed by atoms with van der Waals surface area (Å²) in [6.45, 7) is 1.50. The first-order valence-electron chi connectivity index (χ1n) is 12.5. The molecule has 12 heteroatoms. The van der Waals surface area contributed by atoms with E-state index >= 15 is 0 Å². The molecular formula is C26H32N6O6. The lowest BCUT2D eigenvalue weighted by atomic mass is 9.94. The summed E-state index contributed by atoms with van der Waals surface area (Å²) in [5.41, 5.74) is 1.68. The number of likely N-dealkylation sites (N-methyl/N-ethyl adjacent to an activating group) is 1. The van der Waals surface area contributed by atoms with Crippen LogP contribution >= 0.6 is 0 Å². The van der Waals surface area contributed by atoms with Gasteiger partial charge in [0.2, 0.25) is 0 Å². The molecule has 1 saturated carbocycles. The van der Waals surface area contributed by atoms with Gasteiger partial charge < -0.3 is 29.4 Å². The van der Waals surface area contributed by atoms with Gasteiger partial charge >= 0.3 is 6.09 Å². The maximum absolute atomic E-state index is 12.3. The zero-order chi connectivity index (χ0) is 27.1. The summed E-state index contributed by atoms with van der Waals surface area (Å²) in [6, 6.07) is 8.91. The summed E-state index contributed by atoms with van der Waals surface area (Å²) in [4.78, 5) is 44.2. The molecule has 0 bridgehead atoms. The Balaban J connectivity index is 0.000000194. The molecule has 1 aliphatic carbocycles. The Morgan fingerprint density at radius 3 is 2.76 bits per heavy atom. The number of nitrogens with one attached hydrogen (secondary N) is 2. The molecule has 0 unspecified atom stereocenters. The number of amides is 2. The third-order valence-corrected chi connectivity index (χ3v) is 6.63. The SMILES string of the molecule is COc1cnc2ccc(=O)n(CCN(C)C3CCCCC3)c2c1.O=C(O)Nc1ccc2c(n1)NC(=O)CO2. The van der Waals surface area contributed by atoms with Crippen LogP contribution in [0.15, 0.2) is 41.3 Å². The number of carboxylic acid groups (broad SMARTS) is 1. The van der Waals surface area contributed by atoms with Gasteiger partial charge in [-0.3, -0.25) is 19.9 Å². The number of carbonyl (C=O) groups is 2. The molecule has 0 aromatic carbocycles. The Hall–Kier alpha value is -4.19. The molecule has 3 aromatic rings. The third kappa shape index (κ3) is 6.76. The van der Waals surface area contributed by atoms with Crippen molar-refractivity contribution in [2.75, 3.05) is 37.9 Å². The fourth-order valence-electron chi connectivity index (χ4n) is 4.60. The van der Waals surface area contributed by atoms with Gasteiger partial charge in [0.15, 0.2) is 18.2 Å². The number of carbonyl (C=O) groups excluding carboxylic acids is 1. The summed E-state index contributed by atoms with van der Waals surface area (Å²) in [5, 5.41) is 13.0. The van der Waals surface area contributed by atoms with Crippen molar-refractivity contribution in [3.8, 4) is 11.5 Å². The van der Waals surface area contributed by atoms with E-state index in [1.165, 1.54) is 44.2 Å². The highest BCUT2D eigenvalue weighted by Crippen LogP contribution is 2.26. The van der Waals surface area contributed by atoms with E-state index in [1.54, 1.807) is 25.4 Å². The van der Waals surface area contributed by atoms with E-state index in [4.69, 9.17) is 14.6 Å². The fraction of sp³-hybridized carbons (Fsp3) is 0.423. The number of ether oxygens (including phenoxy) is 2. The molecule has 38 heavy (non-hydrogen) atoms. The third-order valence-electron chi connectivity index (χ3n) is 6.63. The quantitative estimate of drug-likeness (QED) is 0.442. The Morgan fingerprint density at radius 2 is 2.03 bits per heavy atom. The van der Waals surface area contributed by atoms with Crippen LogP contribution in [0.3, 0.4) is 0 Å². The standard InChI is InChI=1S/C18H25N3O2.C8H7N3O4/c1-20(14-6-4-3-5-7-14)10-11-21-17-12-15(23-2)13-19-16(17)8-9-18(21)22;12-6-3-15-4-1-2-5(10-8(13)14)9-7(4)11-6/h8-9,12-14H,3-7,10-11H2,1-2H3;1-2H,3H2,(H,13,14)(H2,9,10,11,12). The average molecular weight is 525 g/mol. The molecule has 0 radical (unpaired) electrons. The lowest BCUT2D eigenvalue weighted by Crippen LogP contribution is -2.37. The highest BCUT2D eigenvalue weighted by molar-refractivity contribution is 5.94. The molecule has 202 valence electrons. The number of rotatable bonds is 6. The molecule has 3 N–H and O–H groups in total. The normalized spacial score (nSPS) is 15.1. The second-order valence-electron chi connectivity index (χ2n) is 9.19. The van der Waals surface area contributed by atoms with Crippen molar-refractivity contribution in [1.29, 1.82) is 0 Å². The molecule has 0 atom stereocenters. The summed E-state index contributed by atoms with van der Waals surface area (Å²) in [5.74, 6) is 1.13. The number of methoxy groups -OCH3 is 1. The second kappa shape index (κ2) is 12.4. The highest BCUT2D eigenvalue weighted by Gasteiger charge is 2.19. The Bertz CT molecular complexity index is 1350. The van der Waals surface area contributed by atoms with Crippen LogP contribution in [0.5, 0.6) is 11.5 Å². The zero-order valence-electron chi connectivity index (χ0n) is 21.5. The molecule has 2 aliphatic rings. The van der Waals surface area contributed by atoms with Crippen LogP contribution < -0.4 is 25.7 Å². The van der Waals surface area contributed by atoms with Crippen LogP contribution in [0.4, 0.5) is 16.4 Å². The summed E-state index contributed by atoms with van der Waals surface area (Å²) < 4.78 is 12.1. The van der Waals surface area contributed by atoms with E-state index in [9.17, 15) is 14.4 Å². The van der Waals surface area contributed by atoms with E-state index in [-0.39, 0.29) is 29.7 Å². The van der Waals surface area contributed by atoms with E-state index in [0.29, 0.717) is 24.1 Å². The number of aromatic nitrogens is 3. The fourth-order valence-corrected chi connectivity index (χ4v) is 4.60. The lowest BCUT2D eigenvalue weighted by molar-refractivity contribution is -0.118. The number of nitrogens with zero attached hydrogens (tertiary/aromatic N) is 4. The minimum atomic E-state index is -1.22. The lowest BCUT2D eigenvalue weighted by Gasteiger charge is -2.31. The molecule has 0 spiro atoms. The first-order chi connectivity index (χ1) is 18.3. The summed E-state index contributed by atoms with van der Waals surface area (Å²) >= 11 is 0. The van der Waals surface area contributed by atoms with Crippen molar-refractivity contribution >= 4 is 34.7 Å². The number of hydrogen-bond donors (Lipinski definition) is 3. The molecule has 4 heterocycles. The van der Waals surface area contributed by atoms with Crippen molar-refractivity contribution < 1.29 is 24.2 Å². The van der Waals surface area contributed by atoms with E-state index in [1.807, 2.05) is 10.6 Å². The van der Waals surface area contributed by atoms with E-state index < -0.39 is 6.09 Å². The van der Waals surface area contributed by atoms with Gasteiger partial charge in [0.25, 0.3) is 11.5 Å². The minimum Gasteiger partial charge on any atom is -0.495 e. The number of fused-ring (bicyclic) bond motifs is 2. The Morgan fingerprint density at radius 1 is 1.24 bits per heavy atom. The van der Waals surface area contributed by atoms with Crippen LogP contribution in [-0.4, -0.2) is 69.9 Å². The molecule has 5 rings (SSSR count). The monoisotopic (exact) mass is 524 g/mol. The largest absolute Gasteiger partial charge is 0.495 e. The highest BCUT2D eigenvalue weighted by atomic mass is 16.5. The van der Waals surface area contributed by atoms with Gasteiger partial charge in [-0.25, -0.2) is 9.78 Å². The molecule has 1 aliphatic heterocycles. The molecule has 12 nitrogen and oxygen atoms in total.